The quantitative estimate of drug-likeness (QED) is 0.631. The van der Waals surface area contributed by atoms with Gasteiger partial charge < -0.3 is 9.67 Å². The molecular formula is C18H17BrF2N2OS. The fraction of sp³-hybridized carbons (Fsp3) is 0.167. The molecule has 0 atom stereocenters. The van der Waals surface area contributed by atoms with E-state index in [0.717, 1.165) is 16.1 Å². The molecule has 0 fully saturated rings. The van der Waals surface area contributed by atoms with Gasteiger partial charge in [0.15, 0.2) is 4.80 Å². The van der Waals surface area contributed by atoms with Gasteiger partial charge in [0.2, 0.25) is 0 Å². The molecule has 0 radical (unpaired) electrons. The first-order valence-corrected chi connectivity index (χ1v) is 8.41. The van der Waals surface area contributed by atoms with Crippen LogP contribution in [-0.2, 0) is 6.54 Å². The number of thiazole rings is 1. The largest absolute Gasteiger partial charge is 0.396 e. The number of rotatable bonds is 5. The van der Waals surface area contributed by atoms with Crippen molar-refractivity contribution in [1.82, 2.24) is 4.57 Å². The molecule has 3 rings (SSSR count). The van der Waals surface area contributed by atoms with E-state index in [1.54, 1.807) is 24.3 Å². The number of aromatic nitrogens is 1. The van der Waals surface area contributed by atoms with Crippen LogP contribution in [0.4, 0.5) is 14.5 Å². The Labute approximate surface area is 158 Å². The molecule has 0 aliphatic heterocycles. The predicted molar refractivity (Wildman–Crippen MR) is 101 cm³/mol. The molecule has 0 unspecified atom stereocenters. The third kappa shape index (κ3) is 4.84. The van der Waals surface area contributed by atoms with Gasteiger partial charge in [0.05, 0.1) is 11.4 Å². The number of halogens is 3. The smallest absolute Gasteiger partial charge is 0.190 e. The number of hydrogen-bond acceptors (Lipinski definition) is 3. The zero-order valence-electron chi connectivity index (χ0n) is 13.2. The molecule has 3 nitrogen and oxygen atoms in total. The van der Waals surface area contributed by atoms with Crippen LogP contribution in [0.25, 0.3) is 11.3 Å². The number of nitrogens with zero attached hydrogens (tertiary/aromatic N) is 2. The molecule has 1 aromatic heterocycles. The van der Waals surface area contributed by atoms with Crippen LogP contribution < -0.4 is 4.80 Å². The minimum atomic E-state index is -0.305. The SMILES string of the molecule is Br.OCCCn1c(-c2ccc(F)cc2)csc1=Nc1ccc(F)cc1. The standard InChI is InChI=1S/C18H16F2N2OS.BrH/c19-14-4-2-13(3-5-14)17-12-24-18(22(17)10-1-11-23)21-16-8-6-15(20)7-9-16;/h2-9,12,23H,1,10-11H2;1H. The van der Waals surface area contributed by atoms with Crippen molar-refractivity contribution >= 4 is 34.0 Å². The van der Waals surface area contributed by atoms with E-state index in [2.05, 4.69) is 4.99 Å². The van der Waals surface area contributed by atoms with Crippen molar-refractivity contribution < 1.29 is 13.9 Å². The van der Waals surface area contributed by atoms with Gasteiger partial charge in [-0.1, -0.05) is 0 Å². The van der Waals surface area contributed by atoms with Crippen molar-refractivity contribution in [2.75, 3.05) is 6.61 Å². The lowest BCUT2D eigenvalue weighted by atomic mass is 10.1. The van der Waals surface area contributed by atoms with Gasteiger partial charge in [-0.2, -0.15) is 0 Å². The molecule has 1 N–H and O–H groups in total. The zero-order chi connectivity index (χ0) is 16.9. The van der Waals surface area contributed by atoms with Gasteiger partial charge in [-0.3, -0.25) is 0 Å². The fourth-order valence-electron chi connectivity index (χ4n) is 2.34. The van der Waals surface area contributed by atoms with Crippen molar-refractivity contribution in [2.45, 2.75) is 13.0 Å². The maximum Gasteiger partial charge on any atom is 0.190 e. The third-order valence-electron chi connectivity index (χ3n) is 3.53. The second-order valence-electron chi connectivity index (χ2n) is 5.23. The molecular weight excluding hydrogens is 410 g/mol. The Balaban J connectivity index is 0.00000225. The monoisotopic (exact) mass is 426 g/mol. The number of benzene rings is 2. The molecule has 1 heterocycles. The first-order valence-electron chi connectivity index (χ1n) is 7.53. The van der Waals surface area contributed by atoms with E-state index in [1.807, 2.05) is 9.95 Å². The Kier molecular flexibility index (Phi) is 7.04. The van der Waals surface area contributed by atoms with Gasteiger partial charge in [-0.15, -0.1) is 28.3 Å². The van der Waals surface area contributed by atoms with Crippen LogP contribution in [0.3, 0.4) is 0 Å². The van der Waals surface area contributed by atoms with Gasteiger partial charge in [0.1, 0.15) is 11.6 Å². The van der Waals surface area contributed by atoms with Crippen LogP contribution in [0.2, 0.25) is 0 Å². The summed E-state index contributed by atoms with van der Waals surface area (Å²) >= 11 is 1.45. The minimum Gasteiger partial charge on any atom is -0.396 e. The van der Waals surface area contributed by atoms with Crippen LogP contribution in [0.1, 0.15) is 6.42 Å². The summed E-state index contributed by atoms with van der Waals surface area (Å²) in [6.07, 6.45) is 0.585. The maximum atomic E-state index is 13.1. The Morgan fingerprint density at radius 1 is 0.960 bits per heavy atom. The number of hydrogen-bond donors (Lipinski definition) is 1. The van der Waals surface area contributed by atoms with E-state index in [4.69, 9.17) is 5.11 Å². The van der Waals surface area contributed by atoms with E-state index >= 15 is 0 Å². The third-order valence-corrected chi connectivity index (χ3v) is 4.39. The number of aliphatic hydroxyl groups excluding tert-OH is 1. The normalized spacial score (nSPS) is 11.4. The molecule has 0 bridgehead atoms. The average Bonchev–Trinajstić information content (AvgIpc) is 2.98. The van der Waals surface area contributed by atoms with Crippen molar-refractivity contribution in [3.8, 4) is 11.3 Å². The summed E-state index contributed by atoms with van der Waals surface area (Å²) in [5, 5.41) is 11.1. The number of aliphatic hydroxyl groups is 1. The highest BCUT2D eigenvalue weighted by atomic mass is 79.9. The predicted octanol–water partition coefficient (Wildman–Crippen LogP) is 4.69. The average molecular weight is 427 g/mol. The molecule has 3 aromatic rings. The van der Waals surface area contributed by atoms with Gasteiger partial charge >= 0.3 is 0 Å². The summed E-state index contributed by atoms with van der Waals surface area (Å²) < 4.78 is 28.2. The molecule has 0 aliphatic rings. The van der Waals surface area contributed by atoms with Crippen LogP contribution >= 0.6 is 28.3 Å². The summed E-state index contributed by atoms with van der Waals surface area (Å²) in [5.41, 5.74) is 2.45. The Morgan fingerprint density at radius 3 is 2.16 bits per heavy atom. The summed E-state index contributed by atoms with van der Waals surface area (Å²) in [4.78, 5) is 5.30. The van der Waals surface area contributed by atoms with E-state index < -0.39 is 0 Å². The van der Waals surface area contributed by atoms with Gasteiger partial charge in [-0.25, -0.2) is 13.8 Å². The molecule has 132 valence electrons. The Hall–Kier alpha value is -1.83. The Morgan fingerprint density at radius 2 is 1.56 bits per heavy atom. The lowest BCUT2D eigenvalue weighted by Gasteiger charge is -2.08. The molecule has 0 saturated carbocycles. The van der Waals surface area contributed by atoms with Crippen molar-refractivity contribution in [2.24, 2.45) is 4.99 Å². The molecule has 2 aromatic carbocycles. The fourth-order valence-corrected chi connectivity index (χ4v) is 3.30. The second kappa shape index (κ2) is 9.03. The summed E-state index contributed by atoms with van der Waals surface area (Å²) in [7, 11) is 0. The lowest BCUT2D eigenvalue weighted by Crippen LogP contribution is -2.16. The molecule has 0 saturated heterocycles. The van der Waals surface area contributed by atoms with E-state index in [9.17, 15) is 8.78 Å². The van der Waals surface area contributed by atoms with Crippen LogP contribution in [-0.4, -0.2) is 16.3 Å². The van der Waals surface area contributed by atoms with E-state index in [1.165, 1.54) is 35.6 Å². The minimum absolute atomic E-state index is 0. The molecule has 25 heavy (non-hydrogen) atoms. The highest BCUT2D eigenvalue weighted by molar-refractivity contribution is 8.93. The first-order chi connectivity index (χ1) is 11.7. The summed E-state index contributed by atoms with van der Waals surface area (Å²) in [5.74, 6) is -0.590. The van der Waals surface area contributed by atoms with Crippen LogP contribution in [0.5, 0.6) is 0 Å². The highest BCUT2D eigenvalue weighted by Gasteiger charge is 2.08. The van der Waals surface area contributed by atoms with Gasteiger partial charge in [-0.05, 0) is 60.5 Å². The van der Waals surface area contributed by atoms with Gasteiger partial charge in [0.25, 0.3) is 0 Å². The first kappa shape index (κ1) is 19.5. The lowest BCUT2D eigenvalue weighted by molar-refractivity contribution is 0.279. The van der Waals surface area contributed by atoms with Crippen molar-refractivity contribution in [3.05, 3.63) is 70.3 Å². The highest BCUT2D eigenvalue weighted by Crippen LogP contribution is 2.21. The summed E-state index contributed by atoms with van der Waals surface area (Å²) in [6, 6.07) is 12.2. The summed E-state index contributed by atoms with van der Waals surface area (Å²) in [6.45, 7) is 0.661. The zero-order valence-corrected chi connectivity index (χ0v) is 15.8. The van der Waals surface area contributed by atoms with Crippen molar-refractivity contribution in [1.29, 1.82) is 0 Å². The van der Waals surface area contributed by atoms with Gasteiger partial charge in [0, 0.05) is 18.5 Å². The van der Waals surface area contributed by atoms with E-state index in [0.29, 0.717) is 18.7 Å². The topological polar surface area (TPSA) is 37.5 Å². The van der Waals surface area contributed by atoms with Crippen molar-refractivity contribution in [3.63, 3.8) is 0 Å². The molecule has 7 heteroatoms. The van der Waals surface area contributed by atoms with Crippen LogP contribution in [0, 0.1) is 11.6 Å². The molecule has 0 amide bonds. The van der Waals surface area contributed by atoms with Crippen LogP contribution in [0.15, 0.2) is 58.9 Å². The van der Waals surface area contributed by atoms with E-state index in [-0.39, 0.29) is 35.2 Å². The maximum absolute atomic E-state index is 13.1. The molecule has 0 aliphatic carbocycles. The Bertz CT molecular complexity index is 873. The molecule has 0 spiro atoms. The second-order valence-corrected chi connectivity index (χ2v) is 6.06.